The average Bonchev–Trinajstić information content (AvgIpc) is 2.70. The summed E-state index contributed by atoms with van der Waals surface area (Å²) in [5.41, 5.74) is 2.12. The smallest absolute Gasteiger partial charge is 0.408 e. The number of carboxylic acid groups (broad SMARTS) is 1. The predicted octanol–water partition coefficient (Wildman–Crippen LogP) is 3.97. The Kier molecular flexibility index (Phi) is 6.73. The normalized spacial score (nSPS) is 19.0. The molecule has 0 aromatic heterocycles. The molecule has 1 heterocycles. The molecule has 0 bridgehead atoms. The van der Waals surface area contributed by atoms with Gasteiger partial charge in [-0.3, -0.25) is 9.69 Å². The SMILES string of the molecule is CNC(=O)C1C(Cc2cc(Cl)ccc2Cl)N(c2ccc(F)cc2C)CCN1C(=O)O. The van der Waals surface area contributed by atoms with E-state index in [2.05, 4.69) is 5.32 Å². The number of nitrogens with zero attached hydrogens (tertiary/aromatic N) is 2. The molecular weight excluding hydrogens is 432 g/mol. The number of anilines is 1. The summed E-state index contributed by atoms with van der Waals surface area (Å²) in [5.74, 6) is -0.789. The molecule has 2 unspecified atom stereocenters. The zero-order valence-electron chi connectivity index (χ0n) is 16.5. The summed E-state index contributed by atoms with van der Waals surface area (Å²) in [7, 11) is 1.47. The lowest BCUT2D eigenvalue weighted by Gasteiger charge is -2.47. The van der Waals surface area contributed by atoms with Crippen molar-refractivity contribution < 1.29 is 19.1 Å². The number of benzene rings is 2. The molecule has 2 amide bonds. The van der Waals surface area contributed by atoms with E-state index < -0.39 is 24.1 Å². The topological polar surface area (TPSA) is 72.9 Å². The second-order valence-electron chi connectivity index (χ2n) is 7.17. The molecule has 1 saturated heterocycles. The van der Waals surface area contributed by atoms with Crippen LogP contribution in [0.2, 0.25) is 10.0 Å². The molecule has 2 aromatic rings. The lowest BCUT2D eigenvalue weighted by atomic mass is 9.92. The molecule has 1 fully saturated rings. The molecule has 3 rings (SSSR count). The van der Waals surface area contributed by atoms with Crippen LogP contribution in [-0.2, 0) is 11.2 Å². The van der Waals surface area contributed by atoms with E-state index in [1.165, 1.54) is 19.2 Å². The number of hydrogen-bond donors (Lipinski definition) is 2. The molecule has 2 atom stereocenters. The van der Waals surface area contributed by atoms with Crippen LogP contribution in [0.15, 0.2) is 36.4 Å². The van der Waals surface area contributed by atoms with Crippen LogP contribution in [0, 0.1) is 12.7 Å². The molecule has 2 N–H and O–H groups in total. The molecule has 1 aliphatic rings. The third-order valence-corrected chi connectivity index (χ3v) is 5.95. The standard InChI is InChI=1S/C21H22Cl2FN3O3/c1-12-9-15(24)4-6-17(12)26-7-8-27(21(29)30)19(20(28)25-2)18(26)11-13-10-14(22)3-5-16(13)23/h3-6,9-10,18-19H,7-8,11H2,1-2H3,(H,25,28)(H,29,30). The Morgan fingerprint density at radius 1 is 1.20 bits per heavy atom. The fourth-order valence-corrected chi connectivity index (χ4v) is 4.35. The van der Waals surface area contributed by atoms with Crippen molar-refractivity contribution in [2.45, 2.75) is 25.4 Å². The summed E-state index contributed by atoms with van der Waals surface area (Å²) >= 11 is 12.5. The van der Waals surface area contributed by atoms with Gasteiger partial charge in [0.1, 0.15) is 11.9 Å². The van der Waals surface area contributed by atoms with Gasteiger partial charge in [-0.15, -0.1) is 0 Å². The Hall–Kier alpha value is -2.51. The number of hydrogen-bond acceptors (Lipinski definition) is 3. The van der Waals surface area contributed by atoms with E-state index in [4.69, 9.17) is 23.2 Å². The summed E-state index contributed by atoms with van der Waals surface area (Å²) < 4.78 is 13.7. The summed E-state index contributed by atoms with van der Waals surface area (Å²) in [6, 6.07) is 7.89. The minimum absolute atomic E-state index is 0.129. The van der Waals surface area contributed by atoms with Crippen molar-refractivity contribution in [2.24, 2.45) is 0 Å². The maximum absolute atomic E-state index is 13.7. The van der Waals surface area contributed by atoms with E-state index in [0.29, 0.717) is 27.7 Å². The van der Waals surface area contributed by atoms with Crippen molar-refractivity contribution in [3.05, 3.63) is 63.4 Å². The molecule has 30 heavy (non-hydrogen) atoms. The highest BCUT2D eigenvalue weighted by atomic mass is 35.5. The van der Waals surface area contributed by atoms with E-state index in [-0.39, 0.29) is 18.8 Å². The van der Waals surface area contributed by atoms with Crippen molar-refractivity contribution in [1.29, 1.82) is 0 Å². The van der Waals surface area contributed by atoms with Gasteiger partial charge in [-0.05, 0) is 60.9 Å². The number of carbonyl (C=O) groups is 2. The van der Waals surface area contributed by atoms with Gasteiger partial charge in [0.15, 0.2) is 0 Å². The molecule has 1 aliphatic heterocycles. The summed E-state index contributed by atoms with van der Waals surface area (Å²) in [6.45, 7) is 2.25. The first-order valence-corrected chi connectivity index (χ1v) is 10.2. The summed E-state index contributed by atoms with van der Waals surface area (Å²) in [5, 5.41) is 13.2. The van der Waals surface area contributed by atoms with Gasteiger partial charge in [-0.1, -0.05) is 23.2 Å². The van der Waals surface area contributed by atoms with Gasteiger partial charge in [-0.2, -0.15) is 0 Å². The van der Waals surface area contributed by atoms with E-state index in [1.807, 2.05) is 4.90 Å². The minimum atomic E-state index is -1.18. The van der Waals surface area contributed by atoms with Crippen LogP contribution in [0.5, 0.6) is 0 Å². The maximum Gasteiger partial charge on any atom is 0.408 e. The Morgan fingerprint density at radius 3 is 2.57 bits per heavy atom. The zero-order valence-corrected chi connectivity index (χ0v) is 18.0. The Bertz CT molecular complexity index is 973. The highest BCUT2D eigenvalue weighted by molar-refractivity contribution is 6.33. The highest BCUT2D eigenvalue weighted by Crippen LogP contribution is 2.32. The van der Waals surface area contributed by atoms with Crippen LogP contribution in [0.25, 0.3) is 0 Å². The van der Waals surface area contributed by atoms with Crippen molar-refractivity contribution in [1.82, 2.24) is 10.2 Å². The fourth-order valence-electron chi connectivity index (χ4n) is 3.96. The number of aryl methyl sites for hydroxylation is 1. The van der Waals surface area contributed by atoms with Crippen molar-refractivity contribution in [3.8, 4) is 0 Å². The Morgan fingerprint density at radius 2 is 1.93 bits per heavy atom. The Labute approximate surface area is 184 Å². The van der Waals surface area contributed by atoms with Crippen LogP contribution >= 0.6 is 23.2 Å². The van der Waals surface area contributed by atoms with Crippen molar-refractivity contribution in [3.63, 3.8) is 0 Å². The fraction of sp³-hybridized carbons (Fsp3) is 0.333. The van der Waals surface area contributed by atoms with Crippen LogP contribution in [0.3, 0.4) is 0 Å². The van der Waals surface area contributed by atoms with Crippen LogP contribution in [0.4, 0.5) is 14.9 Å². The van der Waals surface area contributed by atoms with Crippen LogP contribution in [-0.4, -0.2) is 54.2 Å². The molecule has 6 nitrogen and oxygen atoms in total. The molecule has 9 heteroatoms. The first-order valence-electron chi connectivity index (χ1n) is 9.40. The summed E-state index contributed by atoms with van der Waals surface area (Å²) in [6.07, 6.45) is -0.904. The minimum Gasteiger partial charge on any atom is -0.465 e. The lowest BCUT2D eigenvalue weighted by Crippen LogP contribution is -2.66. The van der Waals surface area contributed by atoms with Gasteiger partial charge in [0, 0.05) is 35.9 Å². The maximum atomic E-state index is 13.7. The van der Waals surface area contributed by atoms with Gasteiger partial charge in [-0.25, -0.2) is 9.18 Å². The third-order valence-electron chi connectivity index (χ3n) is 5.35. The van der Waals surface area contributed by atoms with Gasteiger partial charge in [0.2, 0.25) is 5.91 Å². The summed E-state index contributed by atoms with van der Waals surface area (Å²) in [4.78, 5) is 27.8. The number of amides is 2. The Balaban J connectivity index is 2.11. The van der Waals surface area contributed by atoms with E-state index in [9.17, 15) is 19.1 Å². The number of rotatable bonds is 4. The molecule has 2 aromatic carbocycles. The van der Waals surface area contributed by atoms with E-state index in [0.717, 1.165) is 10.6 Å². The van der Waals surface area contributed by atoms with Gasteiger partial charge < -0.3 is 15.3 Å². The van der Waals surface area contributed by atoms with E-state index >= 15 is 0 Å². The van der Waals surface area contributed by atoms with Gasteiger partial charge in [0.25, 0.3) is 0 Å². The predicted molar refractivity (Wildman–Crippen MR) is 115 cm³/mol. The average molecular weight is 454 g/mol. The van der Waals surface area contributed by atoms with Gasteiger partial charge in [0.05, 0.1) is 6.04 Å². The third kappa shape index (κ3) is 4.47. The largest absolute Gasteiger partial charge is 0.465 e. The number of likely N-dealkylation sites (N-methyl/N-ethyl adjacent to an activating group) is 1. The lowest BCUT2D eigenvalue weighted by molar-refractivity contribution is -0.126. The van der Waals surface area contributed by atoms with Crippen molar-refractivity contribution >= 4 is 40.9 Å². The number of halogens is 3. The first kappa shape index (κ1) is 22.2. The molecule has 160 valence electrons. The molecule has 0 aliphatic carbocycles. The van der Waals surface area contributed by atoms with Crippen molar-refractivity contribution in [2.75, 3.05) is 25.0 Å². The first-order chi connectivity index (χ1) is 14.2. The highest BCUT2D eigenvalue weighted by Gasteiger charge is 2.43. The monoisotopic (exact) mass is 453 g/mol. The second-order valence-corrected chi connectivity index (χ2v) is 8.01. The van der Waals surface area contributed by atoms with E-state index in [1.54, 1.807) is 31.2 Å². The molecule has 0 saturated carbocycles. The molecule has 0 spiro atoms. The van der Waals surface area contributed by atoms with Crippen LogP contribution < -0.4 is 10.2 Å². The molecular formula is C21H22Cl2FN3O3. The quantitative estimate of drug-likeness (QED) is 0.734. The number of piperazine rings is 1. The second kappa shape index (κ2) is 9.10. The molecule has 0 radical (unpaired) electrons. The van der Waals surface area contributed by atoms with Crippen LogP contribution in [0.1, 0.15) is 11.1 Å². The zero-order chi connectivity index (χ0) is 22.0. The number of carbonyl (C=O) groups excluding carboxylic acids is 1. The number of nitrogens with one attached hydrogen (secondary N) is 1. The van der Waals surface area contributed by atoms with Gasteiger partial charge >= 0.3 is 6.09 Å².